The Balaban J connectivity index is 1.79. The minimum Gasteiger partial charge on any atom is -0.483 e. The number of carbonyl (C=O) groups excluding carboxylic acids is 2. The van der Waals surface area contributed by atoms with Gasteiger partial charge in [-0.1, -0.05) is 6.08 Å². The normalized spacial score (nSPS) is 18.6. The number of benzene rings is 1. The fourth-order valence-electron chi connectivity index (χ4n) is 2.52. The molecule has 0 radical (unpaired) electrons. The zero-order valence-corrected chi connectivity index (χ0v) is 13.0. The number of fused-ring (bicyclic) bond motifs is 1. The average Bonchev–Trinajstić information content (AvgIpc) is 2.75. The molecular formula is C17H18N2O4. The summed E-state index contributed by atoms with van der Waals surface area (Å²) in [5, 5.41) is 11.9. The lowest BCUT2D eigenvalue weighted by Gasteiger charge is -2.28. The second-order valence-corrected chi connectivity index (χ2v) is 5.99. The van der Waals surface area contributed by atoms with Gasteiger partial charge < -0.3 is 15.2 Å². The number of aliphatic hydroxyl groups is 1. The van der Waals surface area contributed by atoms with Crippen molar-refractivity contribution in [3.8, 4) is 5.75 Å². The number of rotatable bonds is 4. The Morgan fingerprint density at radius 3 is 2.83 bits per heavy atom. The predicted octanol–water partition coefficient (Wildman–Crippen LogP) is 1.53. The topological polar surface area (TPSA) is 78.9 Å². The molecule has 2 amide bonds. The Labute approximate surface area is 134 Å². The number of aliphatic hydroxyl groups excluding tert-OH is 1. The van der Waals surface area contributed by atoms with Crippen molar-refractivity contribution in [1.82, 2.24) is 4.90 Å². The molecule has 1 aromatic rings. The summed E-state index contributed by atoms with van der Waals surface area (Å²) in [6.45, 7) is 3.69. The van der Waals surface area contributed by atoms with Gasteiger partial charge in [0.15, 0.2) is 0 Å². The van der Waals surface area contributed by atoms with Crippen LogP contribution in [0.15, 0.2) is 36.0 Å². The van der Waals surface area contributed by atoms with Gasteiger partial charge in [-0.05, 0) is 38.1 Å². The average molecular weight is 314 g/mol. The lowest BCUT2D eigenvalue weighted by molar-refractivity contribution is -0.137. The van der Waals surface area contributed by atoms with Crippen LogP contribution in [0.5, 0.6) is 5.75 Å². The third-order valence-corrected chi connectivity index (χ3v) is 3.66. The Morgan fingerprint density at radius 1 is 1.30 bits per heavy atom. The number of anilines is 1. The standard InChI is InChI=1S/C17H18N2O4/c1-17(2)6-5-11-9-12(3-4-14(11)23-17)18-13-10-15(21)19(7-8-20)16(13)22/h3-6,9-10,18,20H,7-8H2,1-2H3. The number of ether oxygens (including phenoxy) is 1. The zero-order valence-electron chi connectivity index (χ0n) is 13.0. The molecule has 2 heterocycles. The highest BCUT2D eigenvalue weighted by Crippen LogP contribution is 2.33. The van der Waals surface area contributed by atoms with Crippen molar-refractivity contribution in [2.24, 2.45) is 0 Å². The summed E-state index contributed by atoms with van der Waals surface area (Å²) < 4.78 is 5.85. The number of nitrogens with zero attached hydrogens (tertiary/aromatic N) is 1. The van der Waals surface area contributed by atoms with E-state index in [9.17, 15) is 9.59 Å². The van der Waals surface area contributed by atoms with Gasteiger partial charge in [0.25, 0.3) is 11.8 Å². The van der Waals surface area contributed by atoms with Crippen LogP contribution in [0, 0.1) is 0 Å². The first-order valence-electron chi connectivity index (χ1n) is 7.37. The molecule has 2 aliphatic heterocycles. The SMILES string of the molecule is CC1(C)C=Cc2cc(NC3=CC(=O)N(CCO)C3=O)ccc2O1. The van der Waals surface area contributed by atoms with Gasteiger partial charge >= 0.3 is 0 Å². The minimum atomic E-state index is -0.435. The van der Waals surface area contributed by atoms with E-state index in [4.69, 9.17) is 9.84 Å². The van der Waals surface area contributed by atoms with Crippen molar-refractivity contribution < 1.29 is 19.4 Å². The maximum atomic E-state index is 12.1. The fourth-order valence-corrected chi connectivity index (χ4v) is 2.52. The number of carbonyl (C=O) groups is 2. The van der Waals surface area contributed by atoms with E-state index in [1.54, 1.807) is 6.07 Å². The Kier molecular flexibility index (Phi) is 3.69. The quantitative estimate of drug-likeness (QED) is 0.824. The molecule has 0 saturated carbocycles. The smallest absolute Gasteiger partial charge is 0.277 e. The second-order valence-electron chi connectivity index (χ2n) is 5.99. The molecule has 0 saturated heterocycles. The molecule has 0 aromatic heterocycles. The van der Waals surface area contributed by atoms with Crippen LogP contribution >= 0.6 is 0 Å². The first kappa shape index (κ1) is 15.3. The molecule has 6 nitrogen and oxygen atoms in total. The number of β-amino-alcohol motifs (C(OH)–C–C–N with tert-alkyl or cyclic N) is 1. The van der Waals surface area contributed by atoms with Crippen LogP contribution in [0.3, 0.4) is 0 Å². The van der Waals surface area contributed by atoms with Crippen LogP contribution in [0.2, 0.25) is 0 Å². The third-order valence-electron chi connectivity index (χ3n) is 3.66. The molecule has 6 heteroatoms. The highest BCUT2D eigenvalue weighted by Gasteiger charge is 2.30. The maximum Gasteiger partial charge on any atom is 0.277 e. The second kappa shape index (κ2) is 5.55. The van der Waals surface area contributed by atoms with Crippen molar-refractivity contribution in [3.05, 3.63) is 41.6 Å². The molecule has 2 aliphatic rings. The number of amides is 2. The highest BCUT2D eigenvalue weighted by atomic mass is 16.5. The maximum absolute atomic E-state index is 12.1. The van der Waals surface area contributed by atoms with Crippen LogP contribution < -0.4 is 10.1 Å². The van der Waals surface area contributed by atoms with Gasteiger partial charge in [-0.15, -0.1) is 0 Å². The molecule has 2 N–H and O–H groups in total. The van der Waals surface area contributed by atoms with Crippen molar-refractivity contribution in [3.63, 3.8) is 0 Å². The largest absolute Gasteiger partial charge is 0.483 e. The van der Waals surface area contributed by atoms with Crippen molar-refractivity contribution in [2.75, 3.05) is 18.5 Å². The molecule has 0 bridgehead atoms. The molecule has 0 spiro atoms. The monoisotopic (exact) mass is 314 g/mol. The molecule has 0 atom stereocenters. The summed E-state index contributed by atoms with van der Waals surface area (Å²) in [6, 6.07) is 5.48. The minimum absolute atomic E-state index is 0.00477. The van der Waals surface area contributed by atoms with E-state index in [1.165, 1.54) is 6.08 Å². The molecule has 3 rings (SSSR count). The van der Waals surface area contributed by atoms with Gasteiger partial charge in [0, 0.05) is 17.3 Å². The van der Waals surface area contributed by atoms with E-state index >= 15 is 0 Å². The fraction of sp³-hybridized carbons (Fsp3) is 0.294. The zero-order chi connectivity index (χ0) is 16.6. The van der Waals surface area contributed by atoms with E-state index in [2.05, 4.69) is 5.32 Å². The molecule has 1 aromatic carbocycles. The Bertz CT molecular complexity index is 734. The van der Waals surface area contributed by atoms with Gasteiger partial charge in [-0.25, -0.2) is 0 Å². The van der Waals surface area contributed by atoms with E-state index in [-0.39, 0.29) is 24.4 Å². The van der Waals surface area contributed by atoms with Crippen molar-refractivity contribution >= 4 is 23.6 Å². The van der Waals surface area contributed by atoms with E-state index < -0.39 is 11.8 Å². The highest BCUT2D eigenvalue weighted by molar-refractivity contribution is 6.17. The molecule has 120 valence electrons. The van der Waals surface area contributed by atoms with E-state index in [0.717, 1.165) is 16.2 Å². The molecule has 23 heavy (non-hydrogen) atoms. The Morgan fingerprint density at radius 2 is 2.09 bits per heavy atom. The van der Waals surface area contributed by atoms with Gasteiger partial charge in [-0.3, -0.25) is 14.5 Å². The van der Waals surface area contributed by atoms with Crippen LogP contribution in [0.4, 0.5) is 5.69 Å². The molecular weight excluding hydrogens is 296 g/mol. The van der Waals surface area contributed by atoms with Crippen LogP contribution in [-0.2, 0) is 9.59 Å². The van der Waals surface area contributed by atoms with Gasteiger partial charge in [0.1, 0.15) is 17.0 Å². The molecule has 0 aliphatic carbocycles. The number of hydrogen-bond donors (Lipinski definition) is 2. The number of nitrogens with one attached hydrogen (secondary N) is 1. The predicted molar refractivity (Wildman–Crippen MR) is 85.7 cm³/mol. The summed E-state index contributed by atoms with van der Waals surface area (Å²) >= 11 is 0. The van der Waals surface area contributed by atoms with Gasteiger partial charge in [0.2, 0.25) is 0 Å². The Hall–Kier alpha value is -2.60. The molecule has 0 fully saturated rings. The number of imide groups is 1. The lowest BCUT2D eigenvalue weighted by atomic mass is 10.0. The summed E-state index contributed by atoms with van der Waals surface area (Å²) in [4.78, 5) is 24.8. The van der Waals surface area contributed by atoms with Crippen LogP contribution in [-0.4, -0.2) is 40.6 Å². The third kappa shape index (κ3) is 2.98. The van der Waals surface area contributed by atoms with Gasteiger partial charge in [0.05, 0.1) is 13.2 Å². The summed E-state index contributed by atoms with van der Waals surface area (Å²) in [7, 11) is 0. The molecule has 0 unspecified atom stereocenters. The summed E-state index contributed by atoms with van der Waals surface area (Å²) in [5.41, 5.74) is 1.45. The first-order chi connectivity index (χ1) is 10.9. The van der Waals surface area contributed by atoms with Crippen LogP contribution in [0.1, 0.15) is 19.4 Å². The van der Waals surface area contributed by atoms with E-state index in [1.807, 2.05) is 38.1 Å². The van der Waals surface area contributed by atoms with Crippen molar-refractivity contribution in [2.45, 2.75) is 19.4 Å². The van der Waals surface area contributed by atoms with E-state index in [0.29, 0.717) is 5.69 Å². The van der Waals surface area contributed by atoms with Gasteiger partial charge in [-0.2, -0.15) is 0 Å². The summed E-state index contributed by atoms with van der Waals surface area (Å²) in [6.07, 6.45) is 5.18. The van der Waals surface area contributed by atoms with Crippen LogP contribution in [0.25, 0.3) is 6.08 Å². The lowest BCUT2D eigenvalue weighted by Crippen LogP contribution is -2.34. The number of hydrogen-bond acceptors (Lipinski definition) is 5. The van der Waals surface area contributed by atoms with Crippen molar-refractivity contribution in [1.29, 1.82) is 0 Å². The first-order valence-corrected chi connectivity index (χ1v) is 7.37. The summed E-state index contributed by atoms with van der Waals surface area (Å²) in [5.74, 6) is -0.0862.